The van der Waals surface area contributed by atoms with Gasteiger partial charge in [-0.05, 0) is 64.4 Å². The predicted molar refractivity (Wildman–Crippen MR) is 101 cm³/mol. The zero-order valence-electron chi connectivity index (χ0n) is 15.4. The Labute approximate surface area is 153 Å². The van der Waals surface area contributed by atoms with Crippen LogP contribution in [0.4, 0.5) is 0 Å². The maximum absolute atomic E-state index is 13.0. The standard InChI is InChI=1S/C19H25BN2O4/c1-3-22-17-13(6-7-15(21-17)12-4-5-12)16-14(18(22)23)8-9-19(2,26-16)10-11-20(24)25/h6-7,12,24-25H,3-5,8-11H2,1-2H3. The molecule has 0 amide bonds. The summed E-state index contributed by atoms with van der Waals surface area (Å²) < 4.78 is 8.06. The van der Waals surface area contributed by atoms with E-state index in [0.717, 1.165) is 23.9 Å². The first-order valence-corrected chi connectivity index (χ1v) is 9.53. The highest BCUT2D eigenvalue weighted by molar-refractivity contribution is 6.40. The fourth-order valence-electron chi connectivity index (χ4n) is 3.90. The van der Waals surface area contributed by atoms with Crippen LogP contribution in [0.15, 0.2) is 16.9 Å². The third-order valence-corrected chi connectivity index (χ3v) is 5.67. The van der Waals surface area contributed by atoms with Gasteiger partial charge in [-0.3, -0.25) is 9.36 Å². The van der Waals surface area contributed by atoms with Gasteiger partial charge >= 0.3 is 7.12 Å². The first-order chi connectivity index (χ1) is 12.4. The van der Waals surface area contributed by atoms with Gasteiger partial charge in [0.2, 0.25) is 0 Å². The van der Waals surface area contributed by atoms with Crippen molar-refractivity contribution in [3.8, 4) is 5.75 Å². The number of rotatable bonds is 5. The second-order valence-corrected chi connectivity index (χ2v) is 7.81. The summed E-state index contributed by atoms with van der Waals surface area (Å²) in [4.78, 5) is 17.8. The fraction of sp³-hybridized carbons (Fsp3) is 0.579. The Morgan fingerprint density at radius 2 is 2.15 bits per heavy atom. The summed E-state index contributed by atoms with van der Waals surface area (Å²) in [5.74, 6) is 1.15. The predicted octanol–water partition coefficient (Wildman–Crippen LogP) is 2.24. The summed E-state index contributed by atoms with van der Waals surface area (Å²) in [6, 6.07) is 4.09. The van der Waals surface area contributed by atoms with E-state index in [9.17, 15) is 14.8 Å². The monoisotopic (exact) mass is 356 g/mol. The van der Waals surface area contributed by atoms with Crippen molar-refractivity contribution >= 4 is 18.2 Å². The number of hydrogen-bond acceptors (Lipinski definition) is 5. The number of ether oxygens (including phenoxy) is 1. The van der Waals surface area contributed by atoms with Crippen molar-refractivity contribution in [2.45, 2.75) is 70.3 Å². The molecule has 0 radical (unpaired) electrons. The summed E-state index contributed by atoms with van der Waals surface area (Å²) >= 11 is 0. The quantitative estimate of drug-likeness (QED) is 0.803. The Balaban J connectivity index is 1.82. The third kappa shape index (κ3) is 3.03. The van der Waals surface area contributed by atoms with Crippen molar-refractivity contribution in [3.05, 3.63) is 33.7 Å². The molecule has 3 heterocycles. The molecule has 2 N–H and O–H groups in total. The van der Waals surface area contributed by atoms with Crippen molar-refractivity contribution < 1.29 is 14.8 Å². The highest BCUT2D eigenvalue weighted by Crippen LogP contribution is 2.42. The second-order valence-electron chi connectivity index (χ2n) is 7.81. The average Bonchev–Trinajstić information content (AvgIpc) is 3.45. The Kier molecular flexibility index (Phi) is 4.31. The average molecular weight is 356 g/mol. The van der Waals surface area contributed by atoms with Gasteiger partial charge in [0.1, 0.15) is 17.0 Å². The van der Waals surface area contributed by atoms with E-state index >= 15 is 0 Å². The molecule has 0 aromatic carbocycles. The van der Waals surface area contributed by atoms with Crippen LogP contribution in [0, 0.1) is 0 Å². The topological polar surface area (TPSA) is 84.6 Å². The minimum absolute atomic E-state index is 0.0142. The molecule has 7 heteroatoms. The van der Waals surface area contributed by atoms with Crippen molar-refractivity contribution in [3.63, 3.8) is 0 Å². The molecule has 6 nitrogen and oxygen atoms in total. The smallest absolute Gasteiger partial charge is 0.451 e. The Hall–Kier alpha value is -1.86. The van der Waals surface area contributed by atoms with Gasteiger partial charge in [0.15, 0.2) is 0 Å². The van der Waals surface area contributed by atoms with Gasteiger partial charge in [0, 0.05) is 18.2 Å². The van der Waals surface area contributed by atoms with E-state index in [4.69, 9.17) is 9.72 Å². The summed E-state index contributed by atoms with van der Waals surface area (Å²) in [5, 5.41) is 19.3. The summed E-state index contributed by atoms with van der Waals surface area (Å²) in [7, 11) is -1.34. The molecule has 1 saturated carbocycles. The van der Waals surface area contributed by atoms with Crippen LogP contribution in [0.2, 0.25) is 6.32 Å². The number of fused-ring (bicyclic) bond motifs is 3. The molecule has 1 atom stereocenters. The Morgan fingerprint density at radius 3 is 2.81 bits per heavy atom. The number of aromatic nitrogens is 2. The highest BCUT2D eigenvalue weighted by Gasteiger charge is 2.36. The maximum atomic E-state index is 13.0. The molecule has 138 valence electrons. The molecule has 26 heavy (non-hydrogen) atoms. The van der Waals surface area contributed by atoms with Crippen LogP contribution in [0.3, 0.4) is 0 Å². The van der Waals surface area contributed by atoms with Crippen LogP contribution in [0.5, 0.6) is 5.75 Å². The van der Waals surface area contributed by atoms with E-state index in [-0.39, 0.29) is 11.9 Å². The molecule has 1 aliphatic carbocycles. The first-order valence-electron chi connectivity index (χ1n) is 9.53. The number of pyridine rings is 2. The zero-order chi connectivity index (χ0) is 18.5. The van der Waals surface area contributed by atoms with Crippen LogP contribution in [-0.4, -0.2) is 32.3 Å². The molecule has 0 saturated heterocycles. The molecule has 1 fully saturated rings. The molecule has 0 bridgehead atoms. The zero-order valence-corrected chi connectivity index (χ0v) is 15.4. The van der Waals surface area contributed by atoms with Gasteiger partial charge in [-0.15, -0.1) is 0 Å². The minimum Gasteiger partial charge on any atom is -0.486 e. The van der Waals surface area contributed by atoms with Crippen molar-refractivity contribution in [2.75, 3.05) is 0 Å². The Morgan fingerprint density at radius 1 is 1.38 bits per heavy atom. The van der Waals surface area contributed by atoms with Crippen molar-refractivity contribution in [1.82, 2.24) is 9.55 Å². The van der Waals surface area contributed by atoms with Crippen molar-refractivity contribution in [1.29, 1.82) is 0 Å². The van der Waals surface area contributed by atoms with Crippen LogP contribution < -0.4 is 10.3 Å². The van der Waals surface area contributed by atoms with Crippen LogP contribution >= 0.6 is 0 Å². The molecule has 2 aliphatic rings. The van der Waals surface area contributed by atoms with Crippen LogP contribution in [-0.2, 0) is 13.0 Å². The van der Waals surface area contributed by atoms with E-state index in [0.29, 0.717) is 48.7 Å². The summed E-state index contributed by atoms with van der Waals surface area (Å²) in [6.07, 6.45) is 4.42. The van der Waals surface area contributed by atoms with E-state index in [1.54, 1.807) is 4.57 Å². The summed E-state index contributed by atoms with van der Waals surface area (Å²) in [6.45, 7) is 4.52. The van der Waals surface area contributed by atoms with Gasteiger partial charge in [0.25, 0.3) is 5.56 Å². The van der Waals surface area contributed by atoms with Gasteiger partial charge in [-0.25, -0.2) is 4.98 Å². The number of nitrogens with zero attached hydrogens (tertiary/aromatic N) is 2. The summed E-state index contributed by atoms with van der Waals surface area (Å²) in [5.41, 5.74) is 1.94. The van der Waals surface area contributed by atoms with Gasteiger partial charge in [-0.2, -0.15) is 0 Å². The molecule has 1 aliphatic heterocycles. The van der Waals surface area contributed by atoms with E-state index in [2.05, 4.69) is 6.07 Å². The highest BCUT2D eigenvalue weighted by atomic mass is 16.5. The van der Waals surface area contributed by atoms with Crippen LogP contribution in [0.1, 0.15) is 56.7 Å². The van der Waals surface area contributed by atoms with Gasteiger partial charge in [0.05, 0.1) is 10.9 Å². The lowest BCUT2D eigenvalue weighted by Crippen LogP contribution is -2.40. The Bertz CT molecular complexity index is 907. The maximum Gasteiger partial charge on any atom is 0.451 e. The fourth-order valence-corrected chi connectivity index (χ4v) is 3.90. The van der Waals surface area contributed by atoms with E-state index in [1.165, 1.54) is 0 Å². The van der Waals surface area contributed by atoms with E-state index in [1.807, 2.05) is 19.9 Å². The lowest BCUT2D eigenvalue weighted by molar-refractivity contribution is 0.0607. The largest absolute Gasteiger partial charge is 0.486 e. The third-order valence-electron chi connectivity index (χ3n) is 5.67. The lowest BCUT2D eigenvalue weighted by atomic mass is 9.77. The number of aryl methyl sites for hydroxylation is 1. The van der Waals surface area contributed by atoms with E-state index < -0.39 is 12.7 Å². The molecule has 2 aromatic rings. The van der Waals surface area contributed by atoms with Gasteiger partial charge < -0.3 is 14.8 Å². The lowest BCUT2D eigenvalue weighted by Gasteiger charge is -2.36. The molecule has 2 aromatic heterocycles. The van der Waals surface area contributed by atoms with Gasteiger partial charge in [-0.1, -0.05) is 0 Å². The molecular weight excluding hydrogens is 331 g/mol. The molecule has 1 unspecified atom stereocenters. The van der Waals surface area contributed by atoms with Crippen LogP contribution in [0.25, 0.3) is 11.0 Å². The van der Waals surface area contributed by atoms with Crippen molar-refractivity contribution in [2.24, 2.45) is 0 Å². The molecule has 0 spiro atoms. The second kappa shape index (κ2) is 6.39. The minimum atomic E-state index is -1.34. The SMILES string of the molecule is CCn1c(=O)c2c(c3ccc(C4CC4)nc31)OC(C)(CCB(O)O)CC2. The first kappa shape index (κ1) is 17.6. The molecular formula is C19H25BN2O4. The normalized spacial score (nSPS) is 22.2. The number of hydrogen-bond donors (Lipinski definition) is 2. The molecule has 4 rings (SSSR count).